The van der Waals surface area contributed by atoms with E-state index < -0.39 is 0 Å². The van der Waals surface area contributed by atoms with Gasteiger partial charge in [-0.2, -0.15) is 0 Å². The number of fused-ring (bicyclic) bond motifs is 12. The molecule has 0 bridgehead atoms. The third-order valence-electron chi connectivity index (χ3n) is 13.1. The smallest absolute Gasteiger partial charge is 0.0620 e. The number of nitrogens with zero attached hydrogens (tertiary/aromatic N) is 2. The normalized spacial score (nSPS) is 14.3. The van der Waals surface area contributed by atoms with Crippen molar-refractivity contribution < 1.29 is 0 Å². The van der Waals surface area contributed by atoms with Gasteiger partial charge >= 0.3 is 0 Å². The van der Waals surface area contributed by atoms with E-state index in [1.165, 1.54) is 110 Å². The topological polar surface area (TPSA) is 9.86 Å². The summed E-state index contributed by atoms with van der Waals surface area (Å²) in [6.07, 6.45) is 9.93. The van der Waals surface area contributed by atoms with E-state index in [0.29, 0.717) is 5.92 Å². The van der Waals surface area contributed by atoms with Gasteiger partial charge in [0, 0.05) is 44.3 Å². The molecule has 1 atom stereocenters. The molecule has 2 nitrogen and oxygen atoms in total. The van der Waals surface area contributed by atoms with Crippen molar-refractivity contribution in [1.29, 1.82) is 0 Å². The zero-order valence-corrected chi connectivity index (χ0v) is 32.9. The molecule has 60 heavy (non-hydrogen) atoms. The fourth-order valence-corrected chi connectivity index (χ4v) is 10.3. The standard InChI is InChI=1S/C58H38N2/c1-2-13-37(14-3-1)39-17-12-18-40(31-39)38-25-28-45(29-26-38)59-54-22-9-7-20-47(54)51-34-43(27-30-57(51)59)44-35-52-48-21-8-11-24-56(48)60-55-23-10-6-19-46(55)49-32-41-15-4-5-16-42(41)33-50(49)53(36-44)58(52)60/h1-13,15-37H,14H2. The van der Waals surface area contributed by atoms with Crippen LogP contribution < -0.4 is 0 Å². The van der Waals surface area contributed by atoms with Crippen LogP contribution in [0.15, 0.2) is 212 Å². The summed E-state index contributed by atoms with van der Waals surface area (Å²) in [4.78, 5) is 0. The van der Waals surface area contributed by atoms with Gasteiger partial charge in [0.2, 0.25) is 0 Å². The van der Waals surface area contributed by atoms with Gasteiger partial charge in [0.15, 0.2) is 0 Å². The lowest BCUT2D eigenvalue weighted by atomic mass is 9.89. The molecule has 2 heteroatoms. The lowest BCUT2D eigenvalue weighted by Crippen LogP contribution is -1.96. The van der Waals surface area contributed by atoms with Crippen LogP contribution in [0.25, 0.3) is 110 Å². The van der Waals surface area contributed by atoms with Gasteiger partial charge in [-0.15, -0.1) is 0 Å². The number of hydrogen-bond acceptors (Lipinski definition) is 0. The summed E-state index contributed by atoms with van der Waals surface area (Å²) in [5, 5.41) is 7.55. The average molecular weight is 763 g/mol. The van der Waals surface area contributed by atoms with Crippen LogP contribution in [0.5, 0.6) is 0 Å². The minimum Gasteiger partial charge on any atom is -0.309 e. The van der Waals surface area contributed by atoms with E-state index in [1.807, 2.05) is 0 Å². The summed E-state index contributed by atoms with van der Waals surface area (Å²) >= 11 is 0. The van der Waals surface area contributed by atoms with E-state index in [9.17, 15) is 0 Å². The maximum Gasteiger partial charge on any atom is 0.0620 e. The highest BCUT2D eigenvalue weighted by atomic mass is 15.0. The Labute approximate surface area is 348 Å². The second-order valence-electron chi connectivity index (χ2n) is 16.4. The van der Waals surface area contributed by atoms with Crippen LogP contribution in [0.3, 0.4) is 0 Å². The number of aromatic nitrogens is 2. The zero-order chi connectivity index (χ0) is 39.3. The Morgan fingerprint density at radius 1 is 0.383 bits per heavy atom. The number of rotatable bonds is 4. The van der Waals surface area contributed by atoms with Crippen molar-refractivity contribution in [3.63, 3.8) is 0 Å². The minimum absolute atomic E-state index is 0.431. The van der Waals surface area contributed by atoms with E-state index >= 15 is 0 Å². The van der Waals surface area contributed by atoms with Gasteiger partial charge in [-0.25, -0.2) is 0 Å². The van der Waals surface area contributed by atoms with Crippen molar-refractivity contribution in [3.8, 4) is 55.9 Å². The minimum atomic E-state index is 0.431. The molecule has 0 N–H and O–H groups in total. The Bertz CT molecular complexity index is 3630. The Kier molecular flexibility index (Phi) is 7.17. The van der Waals surface area contributed by atoms with Crippen LogP contribution in [0.2, 0.25) is 0 Å². The molecule has 1 unspecified atom stereocenters. The molecule has 0 radical (unpaired) electrons. The Morgan fingerprint density at radius 2 is 1.03 bits per heavy atom. The first-order chi connectivity index (χ1) is 29.7. The molecule has 2 aromatic heterocycles. The van der Waals surface area contributed by atoms with Crippen molar-refractivity contribution >= 4 is 54.4 Å². The average Bonchev–Trinajstić information content (AvgIpc) is 3.80. The summed E-state index contributed by atoms with van der Waals surface area (Å²) in [5.74, 6) is 0.431. The molecule has 9 aromatic carbocycles. The van der Waals surface area contributed by atoms with Gasteiger partial charge in [-0.05, 0) is 123 Å². The molecule has 280 valence electrons. The zero-order valence-electron chi connectivity index (χ0n) is 32.9. The highest BCUT2D eigenvalue weighted by Gasteiger charge is 2.26. The SMILES string of the molecule is C1=CCC(c2cccc(-c3ccc(-n4c5ccccc5c5cc(-c6cc7c8c(c6)c6ccccc6n8-c6ccccc6-c6cc8ccccc8cc6-7)ccc54)cc3)c2)C=C1. The Balaban J connectivity index is 0.988. The van der Waals surface area contributed by atoms with Gasteiger partial charge in [0.05, 0.1) is 27.8 Å². The summed E-state index contributed by atoms with van der Waals surface area (Å²) in [6, 6.07) is 70.4. The molecule has 0 saturated heterocycles. The molecule has 0 amide bonds. The van der Waals surface area contributed by atoms with E-state index in [1.54, 1.807) is 0 Å². The fourth-order valence-electron chi connectivity index (χ4n) is 10.3. The largest absolute Gasteiger partial charge is 0.309 e. The molecule has 13 rings (SSSR count). The van der Waals surface area contributed by atoms with Crippen LogP contribution in [-0.2, 0) is 0 Å². The monoisotopic (exact) mass is 762 g/mol. The lowest BCUT2D eigenvalue weighted by Gasteiger charge is -2.15. The predicted molar refractivity (Wildman–Crippen MR) is 254 cm³/mol. The van der Waals surface area contributed by atoms with Gasteiger partial charge in [0.25, 0.3) is 0 Å². The second kappa shape index (κ2) is 12.9. The van der Waals surface area contributed by atoms with Gasteiger partial charge in [-0.1, -0.05) is 146 Å². The van der Waals surface area contributed by atoms with Crippen molar-refractivity contribution in [2.24, 2.45) is 0 Å². The van der Waals surface area contributed by atoms with E-state index in [-0.39, 0.29) is 0 Å². The lowest BCUT2D eigenvalue weighted by molar-refractivity contribution is 0.854. The first-order valence-electron chi connectivity index (χ1n) is 21.0. The van der Waals surface area contributed by atoms with Crippen molar-refractivity contribution in [2.45, 2.75) is 12.3 Å². The second-order valence-corrected chi connectivity index (χ2v) is 16.4. The van der Waals surface area contributed by atoms with E-state index in [0.717, 1.165) is 12.1 Å². The van der Waals surface area contributed by atoms with Crippen LogP contribution in [0, 0.1) is 0 Å². The number of benzene rings is 9. The van der Waals surface area contributed by atoms with Crippen molar-refractivity contribution in [2.75, 3.05) is 0 Å². The third kappa shape index (κ3) is 4.95. The molecule has 0 saturated carbocycles. The van der Waals surface area contributed by atoms with Crippen molar-refractivity contribution in [3.05, 3.63) is 218 Å². The summed E-state index contributed by atoms with van der Waals surface area (Å²) in [6.45, 7) is 0. The molecular weight excluding hydrogens is 725 g/mol. The van der Waals surface area contributed by atoms with Gasteiger partial charge < -0.3 is 9.13 Å². The number of allylic oxidation sites excluding steroid dienone is 4. The molecule has 11 aromatic rings. The molecule has 3 heterocycles. The van der Waals surface area contributed by atoms with Gasteiger partial charge in [0.1, 0.15) is 0 Å². The first kappa shape index (κ1) is 33.3. The molecule has 0 spiro atoms. The highest BCUT2D eigenvalue weighted by molar-refractivity contribution is 6.19. The number of para-hydroxylation sites is 3. The molecule has 2 aliphatic rings. The van der Waals surface area contributed by atoms with Crippen molar-refractivity contribution in [1.82, 2.24) is 9.13 Å². The number of hydrogen-bond donors (Lipinski definition) is 0. The summed E-state index contributed by atoms with van der Waals surface area (Å²) in [7, 11) is 0. The fraction of sp³-hybridized carbons (Fsp3) is 0.0345. The third-order valence-corrected chi connectivity index (χ3v) is 13.1. The molecular formula is C58H38N2. The maximum atomic E-state index is 2.51. The highest BCUT2D eigenvalue weighted by Crippen LogP contribution is 2.49. The van der Waals surface area contributed by atoms with Crippen LogP contribution >= 0.6 is 0 Å². The predicted octanol–water partition coefficient (Wildman–Crippen LogP) is 15.6. The maximum absolute atomic E-state index is 2.51. The Morgan fingerprint density at radius 3 is 1.83 bits per heavy atom. The molecule has 1 aliphatic carbocycles. The summed E-state index contributed by atoms with van der Waals surface area (Å²) in [5.41, 5.74) is 18.6. The van der Waals surface area contributed by atoms with E-state index in [2.05, 4.69) is 221 Å². The summed E-state index contributed by atoms with van der Waals surface area (Å²) < 4.78 is 4.94. The van der Waals surface area contributed by atoms with Crippen LogP contribution in [-0.4, -0.2) is 9.13 Å². The van der Waals surface area contributed by atoms with Crippen LogP contribution in [0.4, 0.5) is 0 Å². The quantitative estimate of drug-likeness (QED) is 0.169. The first-order valence-corrected chi connectivity index (χ1v) is 21.0. The Hall–Kier alpha value is -7.68. The molecule has 0 fully saturated rings. The van der Waals surface area contributed by atoms with E-state index in [4.69, 9.17) is 0 Å². The molecule has 1 aliphatic heterocycles. The van der Waals surface area contributed by atoms with Crippen LogP contribution in [0.1, 0.15) is 17.9 Å². The van der Waals surface area contributed by atoms with Gasteiger partial charge in [-0.3, -0.25) is 0 Å².